The second-order valence-electron chi connectivity index (χ2n) is 4.17. The smallest absolute Gasteiger partial charge is 0.321 e. The maximum atomic E-state index is 12.4. The summed E-state index contributed by atoms with van der Waals surface area (Å²) in [6.07, 6.45) is 0. The minimum atomic E-state index is -4.02. The maximum absolute atomic E-state index is 12.4. The van der Waals surface area contributed by atoms with E-state index in [1.807, 2.05) is 5.32 Å². The first-order chi connectivity index (χ1) is 9.73. The second-order valence-corrected chi connectivity index (χ2v) is 6.40. The lowest BCUT2D eigenvalue weighted by Gasteiger charge is -2.15. The summed E-state index contributed by atoms with van der Waals surface area (Å²) in [5, 5.41) is 2.62. The normalized spacial score (nSPS) is 12.3. The molecule has 1 rings (SSSR count). The number of hydrogen-bond acceptors (Lipinski definition) is 6. The van der Waals surface area contributed by atoms with Crippen LogP contribution in [0.3, 0.4) is 0 Å². The van der Waals surface area contributed by atoms with Crippen LogP contribution in [0.1, 0.15) is 6.92 Å². The van der Waals surface area contributed by atoms with Crippen LogP contribution in [0, 0.1) is 0 Å². The van der Waals surface area contributed by atoms with Crippen molar-refractivity contribution in [1.29, 1.82) is 0 Å². The third-order valence-corrected chi connectivity index (χ3v) is 4.89. The molecule has 1 aromatic rings. The van der Waals surface area contributed by atoms with E-state index in [0.717, 1.165) is 0 Å². The molecule has 1 aromatic carbocycles. The highest BCUT2D eigenvalue weighted by Gasteiger charge is 2.33. The quantitative estimate of drug-likeness (QED) is 0.665. The predicted octanol–water partition coefficient (Wildman–Crippen LogP) is -0.105. The van der Waals surface area contributed by atoms with Crippen molar-refractivity contribution in [1.82, 2.24) is 10.6 Å². The first-order valence-corrected chi connectivity index (χ1v) is 7.48. The lowest BCUT2D eigenvalue weighted by atomic mass is 10.3. The zero-order chi connectivity index (χ0) is 16.2. The van der Waals surface area contributed by atoms with Gasteiger partial charge in [0.05, 0.1) is 7.11 Å². The summed E-state index contributed by atoms with van der Waals surface area (Å²) in [6.45, 7) is 1.18. The molecule has 116 valence electrons. The largest absolute Gasteiger partial charge is 0.495 e. The van der Waals surface area contributed by atoms with E-state index in [-0.39, 0.29) is 10.6 Å². The van der Waals surface area contributed by atoms with Crippen molar-refractivity contribution < 1.29 is 22.7 Å². The standard InChI is InChI=1S/C12H17N3O5S/c1-7(11(16)15-12(17)14-2)21(18,19)10-5-4-8(13)6-9(10)20-3/h4-7H,13H2,1-3H3,(H2,14,15,16,17). The number of nitrogens with one attached hydrogen (secondary N) is 2. The highest BCUT2D eigenvalue weighted by molar-refractivity contribution is 7.92. The molecule has 0 heterocycles. The number of urea groups is 1. The molecular formula is C12H17N3O5S. The number of benzene rings is 1. The van der Waals surface area contributed by atoms with Gasteiger partial charge < -0.3 is 15.8 Å². The Kier molecular flexibility index (Phi) is 5.14. The Hall–Kier alpha value is -2.29. The van der Waals surface area contributed by atoms with Gasteiger partial charge in [-0.15, -0.1) is 0 Å². The van der Waals surface area contributed by atoms with Crippen molar-refractivity contribution >= 4 is 27.5 Å². The van der Waals surface area contributed by atoms with Crippen LogP contribution in [0.5, 0.6) is 5.75 Å². The minimum Gasteiger partial charge on any atom is -0.495 e. The highest BCUT2D eigenvalue weighted by atomic mass is 32.2. The molecule has 3 amide bonds. The van der Waals surface area contributed by atoms with E-state index in [1.54, 1.807) is 0 Å². The average molecular weight is 315 g/mol. The van der Waals surface area contributed by atoms with Crippen LogP contribution in [0.4, 0.5) is 10.5 Å². The van der Waals surface area contributed by atoms with Gasteiger partial charge in [0.2, 0.25) is 5.91 Å². The third-order valence-electron chi connectivity index (χ3n) is 2.79. The van der Waals surface area contributed by atoms with Crippen LogP contribution in [0.15, 0.2) is 23.1 Å². The molecule has 0 aromatic heterocycles. The van der Waals surface area contributed by atoms with Crippen LogP contribution < -0.4 is 21.1 Å². The first kappa shape index (κ1) is 16.8. The number of carbonyl (C=O) groups excluding carboxylic acids is 2. The van der Waals surface area contributed by atoms with E-state index in [1.165, 1.54) is 39.3 Å². The number of amides is 3. The molecule has 0 saturated carbocycles. The zero-order valence-corrected chi connectivity index (χ0v) is 12.7. The summed E-state index contributed by atoms with van der Waals surface area (Å²) in [5.41, 5.74) is 5.89. The van der Waals surface area contributed by atoms with E-state index in [9.17, 15) is 18.0 Å². The molecular weight excluding hydrogens is 298 g/mol. The van der Waals surface area contributed by atoms with Crippen molar-refractivity contribution in [2.75, 3.05) is 19.9 Å². The Bertz CT molecular complexity index is 657. The molecule has 0 aliphatic carbocycles. The van der Waals surface area contributed by atoms with Gasteiger partial charge in [0, 0.05) is 18.8 Å². The Morgan fingerprint density at radius 2 is 1.95 bits per heavy atom. The lowest BCUT2D eigenvalue weighted by molar-refractivity contribution is -0.119. The maximum Gasteiger partial charge on any atom is 0.321 e. The van der Waals surface area contributed by atoms with Gasteiger partial charge >= 0.3 is 6.03 Å². The summed E-state index contributed by atoms with van der Waals surface area (Å²) < 4.78 is 29.8. The van der Waals surface area contributed by atoms with Gasteiger partial charge in [0.25, 0.3) is 0 Å². The van der Waals surface area contributed by atoms with E-state index < -0.39 is 27.0 Å². The molecule has 0 aliphatic rings. The molecule has 0 bridgehead atoms. The van der Waals surface area contributed by atoms with Gasteiger partial charge in [0.15, 0.2) is 9.84 Å². The molecule has 0 aliphatic heterocycles. The molecule has 8 nitrogen and oxygen atoms in total. The van der Waals surface area contributed by atoms with Gasteiger partial charge in [-0.2, -0.15) is 0 Å². The Morgan fingerprint density at radius 1 is 1.33 bits per heavy atom. The fourth-order valence-electron chi connectivity index (χ4n) is 1.53. The van der Waals surface area contributed by atoms with Gasteiger partial charge in [-0.05, 0) is 19.1 Å². The summed E-state index contributed by atoms with van der Waals surface area (Å²) in [6, 6.07) is 3.20. The number of nitrogen functional groups attached to an aromatic ring is 1. The van der Waals surface area contributed by atoms with Gasteiger partial charge in [0.1, 0.15) is 15.9 Å². The zero-order valence-electron chi connectivity index (χ0n) is 11.8. The second kappa shape index (κ2) is 6.44. The Balaban J connectivity index is 3.16. The molecule has 0 radical (unpaired) electrons. The molecule has 1 atom stereocenters. The molecule has 21 heavy (non-hydrogen) atoms. The average Bonchev–Trinajstić information content (AvgIpc) is 2.45. The molecule has 4 N–H and O–H groups in total. The van der Waals surface area contributed by atoms with Crippen molar-refractivity contribution in [2.24, 2.45) is 0 Å². The SMILES string of the molecule is CNC(=O)NC(=O)C(C)S(=O)(=O)c1ccc(N)cc1OC. The van der Waals surface area contributed by atoms with Crippen molar-refractivity contribution in [3.8, 4) is 5.75 Å². The van der Waals surface area contributed by atoms with Crippen molar-refractivity contribution in [3.63, 3.8) is 0 Å². The fraction of sp³-hybridized carbons (Fsp3) is 0.333. The number of carbonyl (C=O) groups is 2. The summed E-state index contributed by atoms with van der Waals surface area (Å²) in [4.78, 5) is 22.7. The number of ether oxygens (including phenoxy) is 1. The van der Waals surface area contributed by atoms with Crippen molar-refractivity contribution in [2.45, 2.75) is 17.1 Å². The lowest BCUT2D eigenvalue weighted by Crippen LogP contribution is -2.44. The van der Waals surface area contributed by atoms with Crippen LogP contribution in [0.2, 0.25) is 0 Å². The van der Waals surface area contributed by atoms with Gasteiger partial charge in [-0.25, -0.2) is 13.2 Å². The van der Waals surface area contributed by atoms with E-state index in [2.05, 4.69) is 5.32 Å². The fourth-order valence-corrected chi connectivity index (χ4v) is 2.93. The predicted molar refractivity (Wildman–Crippen MR) is 76.7 cm³/mol. The molecule has 0 fully saturated rings. The van der Waals surface area contributed by atoms with Crippen LogP contribution >= 0.6 is 0 Å². The minimum absolute atomic E-state index is 0.0367. The van der Waals surface area contributed by atoms with Crippen LogP contribution in [0.25, 0.3) is 0 Å². The van der Waals surface area contributed by atoms with Crippen molar-refractivity contribution in [3.05, 3.63) is 18.2 Å². The number of sulfone groups is 1. The topological polar surface area (TPSA) is 128 Å². The van der Waals surface area contributed by atoms with E-state index in [0.29, 0.717) is 5.69 Å². The van der Waals surface area contributed by atoms with Crippen LogP contribution in [-0.2, 0) is 14.6 Å². The number of imide groups is 1. The number of rotatable bonds is 4. The summed E-state index contributed by atoms with van der Waals surface area (Å²) in [5.74, 6) is -0.900. The number of hydrogen-bond donors (Lipinski definition) is 3. The van der Waals surface area contributed by atoms with Gasteiger partial charge in [-0.3, -0.25) is 10.1 Å². The third kappa shape index (κ3) is 3.63. The summed E-state index contributed by atoms with van der Waals surface area (Å²) in [7, 11) is -1.42. The Morgan fingerprint density at radius 3 is 2.48 bits per heavy atom. The monoisotopic (exact) mass is 315 g/mol. The number of nitrogens with two attached hydrogens (primary N) is 1. The summed E-state index contributed by atoms with van der Waals surface area (Å²) >= 11 is 0. The molecule has 0 spiro atoms. The van der Waals surface area contributed by atoms with E-state index >= 15 is 0 Å². The van der Waals surface area contributed by atoms with Gasteiger partial charge in [-0.1, -0.05) is 0 Å². The number of methoxy groups -OCH3 is 1. The van der Waals surface area contributed by atoms with Crippen LogP contribution in [-0.4, -0.2) is 39.8 Å². The molecule has 0 saturated heterocycles. The highest BCUT2D eigenvalue weighted by Crippen LogP contribution is 2.29. The molecule has 9 heteroatoms. The first-order valence-electron chi connectivity index (χ1n) is 5.94. The number of anilines is 1. The van der Waals surface area contributed by atoms with E-state index in [4.69, 9.17) is 10.5 Å². The molecule has 1 unspecified atom stereocenters. The Labute approximate surface area is 122 Å².